The minimum absolute atomic E-state index is 0.210. The van der Waals surface area contributed by atoms with E-state index in [0.717, 1.165) is 32.5 Å². The lowest BCUT2D eigenvalue weighted by Crippen LogP contribution is -2.58. The van der Waals surface area contributed by atoms with E-state index in [0.29, 0.717) is 18.2 Å². The fourth-order valence-corrected chi connectivity index (χ4v) is 2.23. The Labute approximate surface area is 92.4 Å². The molecule has 3 nitrogen and oxygen atoms in total. The summed E-state index contributed by atoms with van der Waals surface area (Å²) >= 11 is 0. The lowest BCUT2D eigenvalue weighted by Gasteiger charge is -2.45. The molecule has 2 aliphatic rings. The summed E-state index contributed by atoms with van der Waals surface area (Å²) in [6.07, 6.45) is 2.27. The maximum atomic E-state index is 11.7. The second-order valence-corrected chi connectivity index (χ2v) is 5.69. The Kier molecular flexibility index (Phi) is 2.86. The number of rotatable bonds is 3. The van der Waals surface area contributed by atoms with Crippen molar-refractivity contribution in [3.8, 4) is 0 Å². The van der Waals surface area contributed by atoms with Gasteiger partial charge in [0.2, 0.25) is 0 Å². The van der Waals surface area contributed by atoms with Crippen LogP contribution in [0.3, 0.4) is 0 Å². The fourth-order valence-electron chi connectivity index (χ4n) is 2.23. The normalized spacial score (nSPS) is 27.9. The third-order valence-corrected chi connectivity index (χ3v) is 3.81. The quantitative estimate of drug-likeness (QED) is 0.694. The van der Waals surface area contributed by atoms with Crippen molar-refractivity contribution in [1.29, 1.82) is 0 Å². The van der Waals surface area contributed by atoms with Crippen LogP contribution in [0.2, 0.25) is 0 Å². The lowest BCUT2D eigenvalue weighted by molar-refractivity contribution is -0.122. The summed E-state index contributed by atoms with van der Waals surface area (Å²) in [4.78, 5) is 16.4. The summed E-state index contributed by atoms with van der Waals surface area (Å²) in [6, 6.07) is 0. The van der Waals surface area contributed by atoms with Crippen molar-refractivity contribution in [2.45, 2.75) is 32.2 Å². The molecule has 0 radical (unpaired) electrons. The van der Waals surface area contributed by atoms with Crippen LogP contribution in [-0.2, 0) is 4.79 Å². The molecule has 0 aromatic rings. The average Bonchev–Trinajstić information content (AvgIpc) is 2.93. The predicted molar refractivity (Wildman–Crippen MR) is 60.9 cm³/mol. The summed E-state index contributed by atoms with van der Waals surface area (Å²) in [5, 5.41) is 0. The van der Waals surface area contributed by atoms with Crippen molar-refractivity contribution >= 4 is 5.78 Å². The first kappa shape index (κ1) is 11.1. The summed E-state index contributed by atoms with van der Waals surface area (Å²) in [5.41, 5.74) is 0.210. The maximum Gasteiger partial charge on any atom is 0.149 e. The van der Waals surface area contributed by atoms with E-state index in [1.807, 2.05) is 0 Å². The van der Waals surface area contributed by atoms with Crippen LogP contribution in [0.4, 0.5) is 0 Å². The smallest absolute Gasteiger partial charge is 0.149 e. The topological polar surface area (TPSA) is 23.6 Å². The monoisotopic (exact) mass is 210 g/mol. The first-order valence-electron chi connectivity index (χ1n) is 5.95. The van der Waals surface area contributed by atoms with Crippen molar-refractivity contribution < 1.29 is 4.79 Å². The number of hydrogen-bond acceptors (Lipinski definition) is 3. The van der Waals surface area contributed by atoms with Gasteiger partial charge in [-0.2, -0.15) is 0 Å². The molecule has 0 spiro atoms. The molecular weight excluding hydrogens is 188 g/mol. The molecule has 0 aromatic carbocycles. The van der Waals surface area contributed by atoms with E-state index >= 15 is 0 Å². The SMILES string of the molecule is CN1CCN(CC(=O)C2CC2)CC1(C)C. The maximum absolute atomic E-state index is 11.7. The zero-order valence-corrected chi connectivity index (χ0v) is 10.1. The number of likely N-dealkylation sites (N-methyl/N-ethyl adjacent to an activating group) is 1. The number of ketones is 1. The van der Waals surface area contributed by atoms with Crippen LogP contribution in [0.5, 0.6) is 0 Å². The highest BCUT2D eigenvalue weighted by Gasteiger charge is 2.35. The van der Waals surface area contributed by atoms with Gasteiger partial charge in [0, 0.05) is 31.1 Å². The van der Waals surface area contributed by atoms with Crippen LogP contribution < -0.4 is 0 Å². The highest BCUT2D eigenvalue weighted by Crippen LogP contribution is 2.30. The zero-order chi connectivity index (χ0) is 11.1. The van der Waals surface area contributed by atoms with Gasteiger partial charge in [-0.3, -0.25) is 14.6 Å². The Bertz CT molecular complexity index is 258. The summed E-state index contributed by atoms with van der Waals surface area (Å²) < 4.78 is 0. The van der Waals surface area contributed by atoms with Crippen molar-refractivity contribution in [1.82, 2.24) is 9.80 Å². The van der Waals surface area contributed by atoms with Crippen molar-refractivity contribution in [3.63, 3.8) is 0 Å². The van der Waals surface area contributed by atoms with Crippen molar-refractivity contribution in [3.05, 3.63) is 0 Å². The van der Waals surface area contributed by atoms with Crippen molar-refractivity contribution in [2.24, 2.45) is 5.92 Å². The Morgan fingerprint density at radius 3 is 2.53 bits per heavy atom. The molecule has 1 heterocycles. The van der Waals surface area contributed by atoms with Gasteiger partial charge in [-0.1, -0.05) is 0 Å². The number of hydrogen-bond donors (Lipinski definition) is 0. The van der Waals surface area contributed by atoms with E-state index in [1.165, 1.54) is 0 Å². The van der Waals surface area contributed by atoms with Gasteiger partial charge in [-0.25, -0.2) is 0 Å². The molecule has 0 N–H and O–H groups in total. The molecule has 1 aliphatic heterocycles. The zero-order valence-electron chi connectivity index (χ0n) is 10.1. The van der Waals surface area contributed by atoms with Gasteiger partial charge < -0.3 is 0 Å². The van der Waals surface area contributed by atoms with Crippen LogP contribution in [0.25, 0.3) is 0 Å². The highest BCUT2D eigenvalue weighted by molar-refractivity contribution is 5.85. The van der Waals surface area contributed by atoms with E-state index in [1.54, 1.807) is 0 Å². The number of piperazine rings is 1. The molecule has 15 heavy (non-hydrogen) atoms. The first-order chi connectivity index (χ1) is 6.99. The van der Waals surface area contributed by atoms with E-state index in [9.17, 15) is 4.79 Å². The van der Waals surface area contributed by atoms with Gasteiger partial charge in [0.1, 0.15) is 5.78 Å². The van der Waals surface area contributed by atoms with Gasteiger partial charge >= 0.3 is 0 Å². The molecule has 1 saturated heterocycles. The number of carbonyl (C=O) groups excluding carboxylic acids is 1. The summed E-state index contributed by atoms with van der Waals surface area (Å²) in [5.74, 6) is 0.878. The Hall–Kier alpha value is -0.410. The highest BCUT2D eigenvalue weighted by atomic mass is 16.1. The first-order valence-corrected chi connectivity index (χ1v) is 5.95. The van der Waals surface area contributed by atoms with Gasteiger partial charge in [-0.15, -0.1) is 0 Å². The Morgan fingerprint density at radius 2 is 2.00 bits per heavy atom. The minimum atomic E-state index is 0.210. The van der Waals surface area contributed by atoms with E-state index in [4.69, 9.17) is 0 Å². The molecule has 2 rings (SSSR count). The van der Waals surface area contributed by atoms with Crippen molar-refractivity contribution in [2.75, 3.05) is 33.2 Å². The van der Waals surface area contributed by atoms with Gasteiger partial charge in [0.05, 0.1) is 6.54 Å². The standard InChI is InChI=1S/C12H22N2O/c1-12(2)9-14(7-6-13(12)3)8-11(15)10-4-5-10/h10H,4-9H2,1-3H3. The molecule has 0 unspecified atom stereocenters. The number of Topliss-reactive ketones (excluding diaryl/α,β-unsaturated/α-hetero) is 1. The molecule has 0 aromatic heterocycles. The van der Waals surface area contributed by atoms with Crippen LogP contribution in [0.15, 0.2) is 0 Å². The largest absolute Gasteiger partial charge is 0.299 e. The molecule has 86 valence electrons. The second kappa shape index (κ2) is 3.87. The van der Waals surface area contributed by atoms with Crippen LogP contribution >= 0.6 is 0 Å². The van der Waals surface area contributed by atoms with Gasteiger partial charge in [0.25, 0.3) is 0 Å². The lowest BCUT2D eigenvalue weighted by atomic mass is 9.99. The molecule has 0 bridgehead atoms. The molecule has 0 atom stereocenters. The third-order valence-electron chi connectivity index (χ3n) is 3.81. The second-order valence-electron chi connectivity index (χ2n) is 5.69. The van der Waals surface area contributed by atoms with Gasteiger partial charge in [0.15, 0.2) is 0 Å². The van der Waals surface area contributed by atoms with Gasteiger partial charge in [-0.05, 0) is 33.7 Å². The van der Waals surface area contributed by atoms with E-state index in [-0.39, 0.29) is 5.54 Å². The predicted octanol–water partition coefficient (Wildman–Crippen LogP) is 0.991. The average molecular weight is 210 g/mol. The van der Waals surface area contributed by atoms with Crippen LogP contribution in [0, 0.1) is 5.92 Å². The number of carbonyl (C=O) groups is 1. The van der Waals surface area contributed by atoms with E-state index in [2.05, 4.69) is 30.7 Å². The Balaban J connectivity index is 1.86. The molecule has 0 amide bonds. The third kappa shape index (κ3) is 2.58. The summed E-state index contributed by atoms with van der Waals surface area (Å²) in [6.45, 7) is 8.31. The minimum Gasteiger partial charge on any atom is -0.299 e. The molecule has 3 heteroatoms. The fraction of sp³-hybridized carbons (Fsp3) is 0.917. The van der Waals surface area contributed by atoms with Crippen LogP contribution in [-0.4, -0.2) is 54.3 Å². The Morgan fingerprint density at radius 1 is 1.33 bits per heavy atom. The number of nitrogens with zero attached hydrogens (tertiary/aromatic N) is 2. The molecule has 2 fully saturated rings. The molecular formula is C12H22N2O. The molecule has 1 aliphatic carbocycles. The van der Waals surface area contributed by atoms with Crippen LogP contribution in [0.1, 0.15) is 26.7 Å². The van der Waals surface area contributed by atoms with E-state index < -0.39 is 0 Å². The summed E-state index contributed by atoms with van der Waals surface area (Å²) in [7, 11) is 2.17. The molecule has 1 saturated carbocycles.